The Bertz CT molecular complexity index is 795. The van der Waals surface area contributed by atoms with Crippen LogP contribution < -0.4 is 10.1 Å². The summed E-state index contributed by atoms with van der Waals surface area (Å²) in [6, 6.07) is 7.08. The lowest BCUT2D eigenvalue weighted by atomic mass is 9.94. The van der Waals surface area contributed by atoms with Crippen molar-refractivity contribution < 1.29 is 9.53 Å². The van der Waals surface area contributed by atoms with Gasteiger partial charge in [-0.1, -0.05) is 19.3 Å². The Morgan fingerprint density at radius 1 is 1.19 bits per heavy atom. The second-order valence-electron chi connectivity index (χ2n) is 7.69. The first-order valence-corrected chi connectivity index (χ1v) is 10.6. The summed E-state index contributed by atoms with van der Waals surface area (Å²) in [5.74, 6) is 0.653. The summed E-state index contributed by atoms with van der Waals surface area (Å²) in [5.41, 5.74) is 0.651. The maximum Gasteiger partial charge on any atom is 0.255 e. The molecule has 4 nitrogen and oxygen atoms in total. The molecule has 1 unspecified atom stereocenters. The molecule has 1 amide bonds. The van der Waals surface area contributed by atoms with Crippen molar-refractivity contribution in [2.75, 3.05) is 20.2 Å². The Hall–Kier alpha value is -1.59. The van der Waals surface area contributed by atoms with Gasteiger partial charge in [0.2, 0.25) is 0 Å². The molecule has 1 saturated carbocycles. The van der Waals surface area contributed by atoms with E-state index in [4.69, 9.17) is 4.74 Å². The number of carbonyl (C=O) groups excluding carboxylic acids is 1. The van der Waals surface area contributed by atoms with Crippen molar-refractivity contribution in [3.8, 4) is 5.75 Å². The standard InChI is InChI=1S/C21H28N2O2S/c1-14-10-15-11-19(25-2)18(12-20(15)26-14)21(24)22-16-8-9-23(13-16)17-6-4-3-5-7-17/h10-12,16-17H,3-9,13H2,1-2H3,(H,22,24). The van der Waals surface area contributed by atoms with Crippen LogP contribution in [0.4, 0.5) is 0 Å². The van der Waals surface area contributed by atoms with Crippen LogP contribution in [0.3, 0.4) is 0 Å². The van der Waals surface area contributed by atoms with Crippen molar-refractivity contribution in [3.05, 3.63) is 28.6 Å². The average Bonchev–Trinajstić information content (AvgIpc) is 3.26. The fourth-order valence-corrected chi connectivity index (χ4v) is 5.44. The Morgan fingerprint density at radius 2 is 2.00 bits per heavy atom. The molecule has 0 spiro atoms. The largest absolute Gasteiger partial charge is 0.496 e. The van der Waals surface area contributed by atoms with Crippen LogP contribution in [0.15, 0.2) is 18.2 Å². The van der Waals surface area contributed by atoms with Gasteiger partial charge >= 0.3 is 0 Å². The molecule has 0 radical (unpaired) electrons. The number of thiophene rings is 1. The van der Waals surface area contributed by atoms with Crippen molar-refractivity contribution in [2.24, 2.45) is 0 Å². The zero-order valence-electron chi connectivity index (χ0n) is 15.7. The van der Waals surface area contributed by atoms with Crippen LogP contribution in [0.25, 0.3) is 10.1 Å². The average molecular weight is 373 g/mol. The highest BCUT2D eigenvalue weighted by atomic mass is 32.1. The number of nitrogens with one attached hydrogen (secondary N) is 1. The molecule has 0 bridgehead atoms. The number of hydrogen-bond donors (Lipinski definition) is 1. The lowest BCUT2D eigenvalue weighted by molar-refractivity contribution is 0.0932. The lowest BCUT2D eigenvalue weighted by Crippen LogP contribution is -2.40. The van der Waals surface area contributed by atoms with E-state index in [1.807, 2.05) is 12.1 Å². The number of rotatable bonds is 4. The van der Waals surface area contributed by atoms with E-state index in [9.17, 15) is 4.79 Å². The first kappa shape index (κ1) is 17.8. The smallest absolute Gasteiger partial charge is 0.255 e. The summed E-state index contributed by atoms with van der Waals surface area (Å²) in [6.07, 6.45) is 7.79. The Kier molecular flexibility index (Phi) is 5.18. The summed E-state index contributed by atoms with van der Waals surface area (Å²) >= 11 is 1.72. The normalized spacial score (nSPS) is 22.0. The van der Waals surface area contributed by atoms with Crippen LogP contribution in [0.2, 0.25) is 0 Å². The zero-order valence-corrected chi connectivity index (χ0v) is 16.5. The van der Waals surface area contributed by atoms with E-state index in [0.29, 0.717) is 11.3 Å². The minimum atomic E-state index is -0.00898. The van der Waals surface area contributed by atoms with E-state index in [1.54, 1.807) is 18.4 Å². The van der Waals surface area contributed by atoms with Gasteiger partial charge in [0.05, 0.1) is 12.7 Å². The molecule has 1 aromatic carbocycles. The number of carbonyl (C=O) groups is 1. The fourth-order valence-electron chi connectivity index (χ4n) is 4.49. The number of nitrogens with zero attached hydrogens (tertiary/aromatic N) is 1. The number of amides is 1. The fraction of sp³-hybridized carbons (Fsp3) is 0.571. The molecule has 140 valence electrons. The molecule has 1 aromatic heterocycles. The quantitative estimate of drug-likeness (QED) is 0.867. The third kappa shape index (κ3) is 3.60. The topological polar surface area (TPSA) is 41.6 Å². The van der Waals surface area contributed by atoms with Gasteiger partial charge in [-0.3, -0.25) is 9.69 Å². The highest BCUT2D eigenvalue weighted by molar-refractivity contribution is 7.19. The van der Waals surface area contributed by atoms with E-state index in [-0.39, 0.29) is 11.9 Å². The van der Waals surface area contributed by atoms with Crippen LogP contribution in [-0.2, 0) is 0 Å². The van der Waals surface area contributed by atoms with Crippen molar-refractivity contribution in [1.29, 1.82) is 0 Å². The monoisotopic (exact) mass is 372 g/mol. The molecule has 1 aliphatic heterocycles. The molecule has 2 aromatic rings. The van der Waals surface area contributed by atoms with E-state index in [0.717, 1.165) is 35.6 Å². The van der Waals surface area contributed by atoms with E-state index in [2.05, 4.69) is 23.2 Å². The highest BCUT2D eigenvalue weighted by Gasteiger charge is 2.30. The summed E-state index contributed by atoms with van der Waals surface area (Å²) in [5, 5.41) is 4.40. The molecule has 4 rings (SSSR count). The number of methoxy groups -OCH3 is 1. The molecule has 2 heterocycles. The SMILES string of the molecule is COc1cc2cc(C)sc2cc1C(=O)NC1CCN(C2CCCCC2)C1. The van der Waals surface area contributed by atoms with Crippen LogP contribution in [0.5, 0.6) is 5.75 Å². The second-order valence-corrected chi connectivity index (χ2v) is 8.98. The van der Waals surface area contributed by atoms with Gasteiger partial charge < -0.3 is 10.1 Å². The third-order valence-corrected chi connectivity index (χ3v) is 6.87. The van der Waals surface area contributed by atoms with Gasteiger partial charge in [-0.05, 0) is 49.8 Å². The Balaban J connectivity index is 1.45. The molecule has 1 atom stereocenters. The van der Waals surface area contributed by atoms with Gasteiger partial charge in [-0.25, -0.2) is 0 Å². The van der Waals surface area contributed by atoms with E-state index < -0.39 is 0 Å². The molecule has 1 aliphatic carbocycles. The van der Waals surface area contributed by atoms with Gasteiger partial charge in [-0.2, -0.15) is 0 Å². The number of hydrogen-bond acceptors (Lipinski definition) is 4. The predicted molar refractivity (Wildman–Crippen MR) is 107 cm³/mol. The van der Waals surface area contributed by atoms with Crippen molar-refractivity contribution >= 4 is 27.3 Å². The maximum atomic E-state index is 12.9. The Morgan fingerprint density at radius 3 is 2.77 bits per heavy atom. The summed E-state index contributed by atoms with van der Waals surface area (Å²) in [7, 11) is 1.64. The van der Waals surface area contributed by atoms with Crippen LogP contribution in [0.1, 0.15) is 53.8 Å². The molecule has 1 N–H and O–H groups in total. The molecule has 2 fully saturated rings. The molecular weight excluding hydrogens is 344 g/mol. The molecule has 1 saturated heterocycles. The molecule has 2 aliphatic rings. The number of ether oxygens (including phenoxy) is 1. The minimum absolute atomic E-state index is 0.00898. The number of likely N-dealkylation sites (tertiary alicyclic amines) is 1. The molecule has 26 heavy (non-hydrogen) atoms. The highest BCUT2D eigenvalue weighted by Crippen LogP contribution is 2.32. The maximum absolute atomic E-state index is 12.9. The zero-order chi connectivity index (χ0) is 18.1. The summed E-state index contributed by atoms with van der Waals surface area (Å²) < 4.78 is 6.64. The van der Waals surface area contributed by atoms with E-state index >= 15 is 0 Å². The molecular formula is C21H28N2O2S. The summed E-state index contributed by atoms with van der Waals surface area (Å²) in [4.78, 5) is 16.7. The van der Waals surface area contributed by atoms with Crippen molar-refractivity contribution in [3.63, 3.8) is 0 Å². The van der Waals surface area contributed by atoms with Gasteiger partial charge in [0.15, 0.2) is 0 Å². The predicted octanol–water partition coefficient (Wildman–Crippen LogP) is 4.36. The molecule has 5 heteroatoms. The van der Waals surface area contributed by atoms with Gasteiger partial charge in [0.25, 0.3) is 5.91 Å². The Labute approximate surface area is 159 Å². The van der Waals surface area contributed by atoms with Gasteiger partial charge in [0, 0.05) is 34.8 Å². The summed E-state index contributed by atoms with van der Waals surface area (Å²) in [6.45, 7) is 4.18. The lowest BCUT2D eigenvalue weighted by Gasteiger charge is -2.31. The van der Waals surface area contributed by atoms with Crippen LogP contribution in [0, 0.1) is 6.92 Å². The van der Waals surface area contributed by atoms with E-state index in [1.165, 1.54) is 37.0 Å². The van der Waals surface area contributed by atoms with Crippen LogP contribution in [-0.4, -0.2) is 43.1 Å². The van der Waals surface area contributed by atoms with Crippen LogP contribution >= 0.6 is 11.3 Å². The first-order valence-electron chi connectivity index (χ1n) is 9.77. The number of fused-ring (bicyclic) bond motifs is 1. The van der Waals surface area contributed by atoms with Gasteiger partial charge in [0.1, 0.15) is 5.75 Å². The third-order valence-electron chi connectivity index (χ3n) is 5.85. The van der Waals surface area contributed by atoms with Crippen molar-refractivity contribution in [1.82, 2.24) is 10.2 Å². The van der Waals surface area contributed by atoms with Crippen molar-refractivity contribution in [2.45, 2.75) is 57.5 Å². The van der Waals surface area contributed by atoms with Gasteiger partial charge in [-0.15, -0.1) is 11.3 Å². The minimum Gasteiger partial charge on any atom is -0.496 e. The number of aryl methyl sites for hydroxylation is 1. The number of benzene rings is 1. The second kappa shape index (κ2) is 7.57. The first-order chi connectivity index (χ1) is 12.6.